The van der Waals surface area contributed by atoms with Gasteiger partial charge in [-0.05, 0) is 42.5 Å². The number of hydrogen-bond donors (Lipinski definition) is 2. The van der Waals surface area contributed by atoms with Crippen molar-refractivity contribution in [3.8, 4) is 0 Å². The van der Waals surface area contributed by atoms with Crippen LogP contribution in [-0.2, 0) is 16.4 Å². The Morgan fingerprint density at radius 3 is 2.86 bits per heavy atom. The lowest BCUT2D eigenvalue weighted by molar-refractivity contribution is 0.569. The Balaban J connectivity index is 1.62. The summed E-state index contributed by atoms with van der Waals surface area (Å²) in [5, 5.41) is 5.20. The Bertz CT molecular complexity index is 1100. The van der Waals surface area contributed by atoms with Crippen molar-refractivity contribution in [2.75, 3.05) is 10.0 Å². The van der Waals surface area contributed by atoms with Gasteiger partial charge in [-0.25, -0.2) is 17.8 Å². The first-order valence-corrected chi connectivity index (χ1v) is 11.4. The Hall–Kier alpha value is -2.16. The highest BCUT2D eigenvalue weighted by atomic mass is 35.5. The molecule has 5 nitrogen and oxygen atoms in total. The van der Waals surface area contributed by atoms with Crippen LogP contribution >= 0.6 is 22.9 Å². The maximum atomic E-state index is 14.7. The predicted molar refractivity (Wildman–Crippen MR) is 110 cm³/mol. The van der Waals surface area contributed by atoms with Crippen LogP contribution in [0.4, 0.5) is 15.2 Å². The molecule has 28 heavy (non-hydrogen) atoms. The number of sulfonamides is 1. The molecule has 0 saturated carbocycles. The van der Waals surface area contributed by atoms with E-state index in [2.05, 4.69) is 21.1 Å². The number of anilines is 2. The summed E-state index contributed by atoms with van der Waals surface area (Å²) < 4.78 is 41.9. The Morgan fingerprint density at radius 2 is 2.07 bits per heavy atom. The number of hydrogen-bond acceptors (Lipinski definition) is 5. The lowest BCUT2D eigenvalue weighted by atomic mass is 9.87. The highest BCUT2D eigenvalue weighted by Crippen LogP contribution is 2.36. The number of aromatic nitrogens is 1. The summed E-state index contributed by atoms with van der Waals surface area (Å²) in [6.45, 7) is 0. The topological polar surface area (TPSA) is 71.1 Å². The standard InChI is InChI=1S/C19H17ClFN3O2S2/c20-14-10-18(28(25,26)24-19-22-8-9-27-19)15(21)11-17(14)23-16-7-3-5-12-4-1-2-6-13(12)16/h1-2,4,6,8-11,16,23H,3,5,7H2,(H,22,24). The highest BCUT2D eigenvalue weighted by molar-refractivity contribution is 7.93. The zero-order valence-corrected chi connectivity index (χ0v) is 17.0. The summed E-state index contributed by atoms with van der Waals surface area (Å²) in [5.41, 5.74) is 2.79. The van der Waals surface area contributed by atoms with E-state index in [9.17, 15) is 12.8 Å². The van der Waals surface area contributed by atoms with Gasteiger partial charge in [0.15, 0.2) is 5.13 Å². The fourth-order valence-corrected chi connectivity index (χ4v) is 5.54. The van der Waals surface area contributed by atoms with E-state index >= 15 is 0 Å². The second-order valence-corrected chi connectivity index (χ2v) is 9.45. The van der Waals surface area contributed by atoms with E-state index in [1.807, 2.05) is 18.2 Å². The maximum absolute atomic E-state index is 14.7. The highest BCUT2D eigenvalue weighted by Gasteiger charge is 2.25. The number of aryl methyl sites for hydroxylation is 1. The third-order valence-corrected chi connectivity index (χ3v) is 7.15. The molecule has 0 saturated heterocycles. The summed E-state index contributed by atoms with van der Waals surface area (Å²) in [6.07, 6.45) is 4.37. The maximum Gasteiger partial charge on any atom is 0.266 e. The minimum Gasteiger partial charge on any atom is -0.377 e. The number of benzene rings is 2. The fourth-order valence-electron chi connectivity index (χ4n) is 3.38. The molecule has 1 atom stereocenters. The normalized spacial score (nSPS) is 16.4. The van der Waals surface area contributed by atoms with Crippen LogP contribution in [0.25, 0.3) is 0 Å². The van der Waals surface area contributed by atoms with Gasteiger partial charge < -0.3 is 5.32 Å². The molecule has 0 fully saturated rings. The second-order valence-electron chi connectivity index (χ2n) is 6.49. The molecular weight excluding hydrogens is 421 g/mol. The summed E-state index contributed by atoms with van der Waals surface area (Å²) in [5.74, 6) is -0.875. The van der Waals surface area contributed by atoms with E-state index in [-0.39, 0.29) is 16.2 Å². The number of thiazole rings is 1. The smallest absolute Gasteiger partial charge is 0.266 e. The number of halogens is 2. The summed E-state index contributed by atoms with van der Waals surface area (Å²) in [6, 6.07) is 10.4. The van der Waals surface area contributed by atoms with Crippen LogP contribution in [0.1, 0.15) is 30.0 Å². The average Bonchev–Trinajstić information content (AvgIpc) is 3.17. The van der Waals surface area contributed by atoms with Crippen LogP contribution in [0, 0.1) is 5.82 Å². The number of nitrogens with zero attached hydrogens (tertiary/aromatic N) is 1. The molecule has 9 heteroatoms. The molecule has 0 spiro atoms. The van der Waals surface area contributed by atoms with Crippen molar-refractivity contribution < 1.29 is 12.8 Å². The number of rotatable bonds is 5. The molecule has 1 aromatic heterocycles. The first kappa shape index (κ1) is 19.2. The molecule has 2 N–H and O–H groups in total. The third-order valence-electron chi connectivity index (χ3n) is 4.66. The van der Waals surface area contributed by atoms with Gasteiger partial charge in [-0.1, -0.05) is 35.9 Å². The van der Waals surface area contributed by atoms with Gasteiger partial charge in [0.25, 0.3) is 10.0 Å². The predicted octanol–water partition coefficient (Wildman–Crippen LogP) is 5.23. The molecule has 0 amide bonds. The lowest BCUT2D eigenvalue weighted by Crippen LogP contribution is -2.18. The van der Waals surface area contributed by atoms with Crippen molar-refractivity contribution in [3.63, 3.8) is 0 Å². The first-order valence-electron chi connectivity index (χ1n) is 8.70. The lowest BCUT2D eigenvalue weighted by Gasteiger charge is -2.27. The molecule has 3 aromatic rings. The van der Waals surface area contributed by atoms with Crippen LogP contribution < -0.4 is 10.0 Å². The van der Waals surface area contributed by atoms with E-state index in [0.717, 1.165) is 48.3 Å². The minimum absolute atomic E-state index is 0.00208. The zero-order valence-electron chi connectivity index (χ0n) is 14.7. The molecule has 0 bridgehead atoms. The molecule has 0 aliphatic heterocycles. The minimum atomic E-state index is -4.12. The van der Waals surface area contributed by atoms with Crippen LogP contribution in [0.5, 0.6) is 0 Å². The fraction of sp³-hybridized carbons (Fsp3) is 0.211. The van der Waals surface area contributed by atoms with Gasteiger partial charge in [-0.2, -0.15) is 0 Å². The zero-order chi connectivity index (χ0) is 19.7. The molecule has 0 radical (unpaired) electrons. The van der Waals surface area contributed by atoms with Crippen molar-refractivity contribution in [1.82, 2.24) is 4.98 Å². The van der Waals surface area contributed by atoms with Crippen molar-refractivity contribution in [2.45, 2.75) is 30.2 Å². The van der Waals surface area contributed by atoms with Crippen molar-refractivity contribution in [3.05, 3.63) is 69.9 Å². The van der Waals surface area contributed by atoms with E-state index in [0.29, 0.717) is 5.69 Å². The summed E-state index contributed by atoms with van der Waals surface area (Å²) in [7, 11) is -4.12. The largest absolute Gasteiger partial charge is 0.377 e. The van der Waals surface area contributed by atoms with Gasteiger partial charge in [0, 0.05) is 11.6 Å². The Labute approximate surface area is 171 Å². The molecule has 146 valence electrons. The molecular formula is C19H17ClFN3O2S2. The molecule has 1 heterocycles. The third kappa shape index (κ3) is 3.85. The summed E-state index contributed by atoms with van der Waals surface area (Å²) in [4.78, 5) is 3.34. The monoisotopic (exact) mass is 437 g/mol. The Morgan fingerprint density at radius 1 is 1.25 bits per heavy atom. The van der Waals surface area contributed by atoms with Crippen LogP contribution in [0.3, 0.4) is 0 Å². The first-order chi connectivity index (χ1) is 13.4. The van der Waals surface area contributed by atoms with Crippen molar-refractivity contribution in [2.24, 2.45) is 0 Å². The number of fused-ring (bicyclic) bond motifs is 1. The Kier molecular flexibility index (Phi) is 5.27. The molecule has 4 rings (SSSR count). The van der Waals surface area contributed by atoms with Crippen LogP contribution in [0.15, 0.2) is 52.9 Å². The van der Waals surface area contributed by atoms with Gasteiger partial charge in [0.05, 0.1) is 16.8 Å². The SMILES string of the molecule is O=S(=O)(Nc1nccs1)c1cc(Cl)c(NC2CCCc3ccccc32)cc1F. The van der Waals surface area contributed by atoms with E-state index in [1.54, 1.807) is 5.38 Å². The van der Waals surface area contributed by atoms with Crippen molar-refractivity contribution >= 4 is 43.8 Å². The van der Waals surface area contributed by atoms with Gasteiger partial charge in [0.1, 0.15) is 10.7 Å². The van der Waals surface area contributed by atoms with Crippen molar-refractivity contribution in [1.29, 1.82) is 0 Å². The van der Waals surface area contributed by atoms with E-state index in [4.69, 9.17) is 11.6 Å². The van der Waals surface area contributed by atoms with E-state index < -0.39 is 20.7 Å². The van der Waals surface area contributed by atoms with Gasteiger partial charge in [-0.3, -0.25) is 4.72 Å². The van der Waals surface area contributed by atoms with Gasteiger partial charge >= 0.3 is 0 Å². The van der Waals surface area contributed by atoms with E-state index in [1.165, 1.54) is 11.8 Å². The van der Waals surface area contributed by atoms with Gasteiger partial charge in [-0.15, -0.1) is 11.3 Å². The molecule has 1 aliphatic rings. The molecule has 1 aliphatic carbocycles. The molecule has 2 aromatic carbocycles. The summed E-state index contributed by atoms with van der Waals surface area (Å²) >= 11 is 7.41. The van der Waals surface area contributed by atoms with Gasteiger partial charge in [0.2, 0.25) is 0 Å². The molecule has 1 unspecified atom stereocenters. The van der Waals surface area contributed by atoms with Crippen LogP contribution in [-0.4, -0.2) is 13.4 Å². The number of nitrogens with one attached hydrogen (secondary N) is 2. The van der Waals surface area contributed by atoms with Crippen LogP contribution in [0.2, 0.25) is 5.02 Å². The average molecular weight is 438 g/mol. The second kappa shape index (κ2) is 7.69. The quantitative estimate of drug-likeness (QED) is 0.573.